The molecule has 4 nitrogen and oxygen atoms in total. The monoisotopic (exact) mass is 298 g/mol. The molecule has 0 aromatic carbocycles. The van der Waals surface area contributed by atoms with Gasteiger partial charge in [0.1, 0.15) is 0 Å². The molecule has 0 aliphatic carbocycles. The van der Waals surface area contributed by atoms with Gasteiger partial charge in [0.15, 0.2) is 5.15 Å². The van der Waals surface area contributed by atoms with E-state index in [0.717, 1.165) is 30.2 Å². The van der Waals surface area contributed by atoms with Gasteiger partial charge in [-0.2, -0.15) is 0 Å². The zero-order valence-corrected chi connectivity index (χ0v) is 12.2. The lowest BCUT2D eigenvalue weighted by Crippen LogP contribution is -2.16. The summed E-state index contributed by atoms with van der Waals surface area (Å²) >= 11 is 6.16. The van der Waals surface area contributed by atoms with Gasteiger partial charge in [-0.05, 0) is 36.4 Å². The van der Waals surface area contributed by atoms with Gasteiger partial charge < -0.3 is 9.88 Å². The van der Waals surface area contributed by atoms with E-state index in [0.29, 0.717) is 5.15 Å². The van der Waals surface area contributed by atoms with Crippen molar-refractivity contribution >= 4 is 11.6 Å². The van der Waals surface area contributed by atoms with Crippen LogP contribution in [0.25, 0.3) is 5.69 Å². The predicted molar refractivity (Wildman–Crippen MR) is 83.4 cm³/mol. The summed E-state index contributed by atoms with van der Waals surface area (Å²) in [6, 6.07) is 13.8. The Morgan fingerprint density at radius 1 is 0.952 bits per heavy atom. The zero-order chi connectivity index (χ0) is 14.5. The SMILES string of the molecule is Clc1ncccc1-n1cccc1CNCc1ccccn1. The predicted octanol–water partition coefficient (Wildman–Crippen LogP) is 3.21. The van der Waals surface area contributed by atoms with Crippen molar-refractivity contribution in [2.45, 2.75) is 13.1 Å². The Balaban J connectivity index is 1.70. The second-order valence-corrected chi connectivity index (χ2v) is 4.97. The molecule has 0 radical (unpaired) electrons. The van der Waals surface area contributed by atoms with Gasteiger partial charge >= 0.3 is 0 Å². The van der Waals surface area contributed by atoms with Gasteiger partial charge in [0, 0.05) is 37.4 Å². The van der Waals surface area contributed by atoms with Crippen LogP contribution in [0.3, 0.4) is 0 Å². The molecule has 0 saturated heterocycles. The number of nitrogens with zero attached hydrogens (tertiary/aromatic N) is 3. The summed E-state index contributed by atoms with van der Waals surface area (Å²) in [4.78, 5) is 8.41. The summed E-state index contributed by atoms with van der Waals surface area (Å²) in [5.74, 6) is 0. The van der Waals surface area contributed by atoms with Gasteiger partial charge in [0.05, 0.1) is 11.4 Å². The fourth-order valence-electron chi connectivity index (χ4n) is 2.17. The number of pyridine rings is 2. The Kier molecular flexibility index (Phi) is 4.28. The smallest absolute Gasteiger partial charge is 0.152 e. The molecule has 3 rings (SSSR count). The van der Waals surface area contributed by atoms with E-state index in [1.54, 1.807) is 12.4 Å². The fraction of sp³-hybridized carbons (Fsp3) is 0.125. The van der Waals surface area contributed by atoms with E-state index in [2.05, 4.69) is 21.4 Å². The third-order valence-corrected chi connectivity index (χ3v) is 3.46. The van der Waals surface area contributed by atoms with Crippen molar-refractivity contribution in [3.05, 3.63) is 77.6 Å². The van der Waals surface area contributed by atoms with Crippen LogP contribution in [-0.4, -0.2) is 14.5 Å². The molecule has 0 bridgehead atoms. The lowest BCUT2D eigenvalue weighted by molar-refractivity contribution is 0.658. The minimum absolute atomic E-state index is 0.500. The van der Waals surface area contributed by atoms with Crippen molar-refractivity contribution in [1.29, 1.82) is 0 Å². The van der Waals surface area contributed by atoms with Crippen molar-refractivity contribution < 1.29 is 0 Å². The summed E-state index contributed by atoms with van der Waals surface area (Å²) in [7, 11) is 0. The van der Waals surface area contributed by atoms with Crippen LogP contribution in [-0.2, 0) is 13.1 Å². The van der Waals surface area contributed by atoms with Gasteiger partial charge in [-0.15, -0.1) is 0 Å². The van der Waals surface area contributed by atoms with Crippen LogP contribution >= 0.6 is 11.6 Å². The van der Waals surface area contributed by atoms with Gasteiger partial charge in [0.2, 0.25) is 0 Å². The van der Waals surface area contributed by atoms with E-state index in [1.807, 2.05) is 47.2 Å². The third-order valence-electron chi connectivity index (χ3n) is 3.17. The Morgan fingerprint density at radius 3 is 2.67 bits per heavy atom. The maximum absolute atomic E-state index is 6.16. The van der Waals surface area contributed by atoms with E-state index < -0.39 is 0 Å². The summed E-state index contributed by atoms with van der Waals surface area (Å²) in [6.45, 7) is 1.46. The molecular weight excluding hydrogens is 284 g/mol. The quantitative estimate of drug-likeness (QED) is 0.736. The second kappa shape index (κ2) is 6.52. The molecule has 0 fully saturated rings. The number of hydrogen-bond donors (Lipinski definition) is 1. The summed E-state index contributed by atoms with van der Waals surface area (Å²) < 4.78 is 2.04. The molecular formula is C16H15ClN4. The van der Waals surface area contributed by atoms with Crippen LogP contribution in [0.1, 0.15) is 11.4 Å². The van der Waals surface area contributed by atoms with Crippen molar-refractivity contribution in [2.75, 3.05) is 0 Å². The molecule has 21 heavy (non-hydrogen) atoms. The van der Waals surface area contributed by atoms with E-state index in [4.69, 9.17) is 11.6 Å². The van der Waals surface area contributed by atoms with Gasteiger partial charge in [-0.1, -0.05) is 17.7 Å². The molecule has 3 aromatic rings. The summed E-state index contributed by atoms with van der Waals surface area (Å²) in [6.07, 6.45) is 5.48. The molecule has 0 saturated carbocycles. The third kappa shape index (κ3) is 3.29. The minimum atomic E-state index is 0.500. The minimum Gasteiger partial charge on any atom is -0.317 e. The van der Waals surface area contributed by atoms with Crippen molar-refractivity contribution in [2.24, 2.45) is 0 Å². The standard InChI is InChI=1S/C16H15ClN4/c17-16-15(7-3-9-20-16)21-10-4-6-14(21)12-18-11-13-5-1-2-8-19-13/h1-10,18H,11-12H2. The lowest BCUT2D eigenvalue weighted by atomic mass is 10.3. The van der Waals surface area contributed by atoms with E-state index >= 15 is 0 Å². The first-order chi connectivity index (χ1) is 10.3. The first kappa shape index (κ1) is 13.8. The molecule has 0 aliphatic rings. The molecule has 3 aromatic heterocycles. The van der Waals surface area contributed by atoms with Crippen LogP contribution in [0.5, 0.6) is 0 Å². The molecule has 1 N–H and O–H groups in total. The molecule has 0 unspecified atom stereocenters. The highest BCUT2D eigenvalue weighted by Crippen LogP contribution is 2.19. The highest BCUT2D eigenvalue weighted by Gasteiger charge is 2.07. The Morgan fingerprint density at radius 2 is 1.86 bits per heavy atom. The summed E-state index contributed by atoms with van der Waals surface area (Å²) in [5, 5.41) is 3.89. The van der Waals surface area contributed by atoms with Crippen molar-refractivity contribution in [3.63, 3.8) is 0 Å². The van der Waals surface area contributed by atoms with Crippen molar-refractivity contribution in [3.8, 4) is 5.69 Å². The number of nitrogens with one attached hydrogen (secondary N) is 1. The molecule has 0 atom stereocenters. The van der Waals surface area contributed by atoms with Crippen LogP contribution in [0.15, 0.2) is 61.1 Å². The highest BCUT2D eigenvalue weighted by atomic mass is 35.5. The van der Waals surface area contributed by atoms with E-state index in [-0.39, 0.29) is 0 Å². The van der Waals surface area contributed by atoms with Gasteiger partial charge in [-0.3, -0.25) is 4.98 Å². The number of halogens is 1. The largest absolute Gasteiger partial charge is 0.317 e. The van der Waals surface area contributed by atoms with Crippen LogP contribution in [0.4, 0.5) is 0 Å². The molecule has 3 heterocycles. The average molecular weight is 299 g/mol. The van der Waals surface area contributed by atoms with Gasteiger partial charge in [0.25, 0.3) is 0 Å². The average Bonchev–Trinajstić information content (AvgIpc) is 2.97. The Bertz CT molecular complexity index is 709. The second-order valence-electron chi connectivity index (χ2n) is 4.61. The molecule has 0 amide bonds. The van der Waals surface area contributed by atoms with E-state index in [1.165, 1.54) is 0 Å². The van der Waals surface area contributed by atoms with Crippen molar-refractivity contribution in [1.82, 2.24) is 19.9 Å². The Labute approximate surface area is 128 Å². The molecule has 0 aliphatic heterocycles. The zero-order valence-electron chi connectivity index (χ0n) is 11.4. The number of rotatable bonds is 5. The topological polar surface area (TPSA) is 42.7 Å². The van der Waals surface area contributed by atoms with Crippen LogP contribution in [0.2, 0.25) is 5.15 Å². The normalized spacial score (nSPS) is 10.7. The van der Waals surface area contributed by atoms with Crippen LogP contribution in [0, 0.1) is 0 Å². The summed E-state index contributed by atoms with van der Waals surface area (Å²) in [5.41, 5.74) is 3.04. The molecule has 106 valence electrons. The highest BCUT2D eigenvalue weighted by molar-refractivity contribution is 6.31. The first-order valence-corrected chi connectivity index (χ1v) is 7.10. The molecule has 0 spiro atoms. The maximum atomic E-state index is 6.16. The molecule has 5 heteroatoms. The Hall–Kier alpha value is -2.17. The van der Waals surface area contributed by atoms with Gasteiger partial charge in [-0.25, -0.2) is 4.98 Å². The first-order valence-electron chi connectivity index (χ1n) is 6.72. The van der Waals surface area contributed by atoms with Crippen LogP contribution < -0.4 is 5.32 Å². The van der Waals surface area contributed by atoms with E-state index in [9.17, 15) is 0 Å². The fourth-order valence-corrected chi connectivity index (χ4v) is 2.38. The lowest BCUT2D eigenvalue weighted by Gasteiger charge is -2.11. The number of hydrogen-bond acceptors (Lipinski definition) is 3. The number of aromatic nitrogens is 3. The maximum Gasteiger partial charge on any atom is 0.152 e.